The molecule has 2 aromatic heterocycles. The predicted molar refractivity (Wildman–Crippen MR) is 73.8 cm³/mol. The summed E-state index contributed by atoms with van der Waals surface area (Å²) in [5, 5.41) is 20.1. The molecular formula is C11H19N7S. The largest absolute Gasteiger partial charge is 0.315 e. The van der Waals surface area contributed by atoms with Gasteiger partial charge < -0.3 is 5.32 Å². The molecule has 2 heterocycles. The van der Waals surface area contributed by atoms with Crippen molar-refractivity contribution in [3.05, 3.63) is 18.0 Å². The average molecular weight is 281 g/mol. The molecule has 0 spiro atoms. The van der Waals surface area contributed by atoms with E-state index in [0.717, 1.165) is 37.1 Å². The Morgan fingerprint density at radius 1 is 1.37 bits per heavy atom. The number of likely N-dealkylation sites (N-methyl/N-ethyl adjacent to an activating group) is 1. The lowest BCUT2D eigenvalue weighted by molar-refractivity contribution is 0.517. The summed E-state index contributed by atoms with van der Waals surface area (Å²) in [6.45, 7) is 7.68. The van der Waals surface area contributed by atoms with Crippen LogP contribution < -0.4 is 5.32 Å². The van der Waals surface area contributed by atoms with Crippen LogP contribution in [0.3, 0.4) is 0 Å². The van der Waals surface area contributed by atoms with Gasteiger partial charge in [0.15, 0.2) is 0 Å². The number of rotatable bonds is 8. The van der Waals surface area contributed by atoms with E-state index in [1.165, 1.54) is 5.56 Å². The molecule has 0 bridgehead atoms. The molecule has 0 aliphatic carbocycles. The smallest absolute Gasteiger partial charge is 0.209 e. The number of aromatic nitrogens is 6. The van der Waals surface area contributed by atoms with Crippen LogP contribution in [-0.4, -0.2) is 43.1 Å². The Balaban J connectivity index is 1.86. The third-order valence-electron chi connectivity index (χ3n) is 2.63. The Morgan fingerprint density at radius 2 is 2.26 bits per heavy atom. The van der Waals surface area contributed by atoms with E-state index in [-0.39, 0.29) is 0 Å². The van der Waals surface area contributed by atoms with Gasteiger partial charge in [-0.15, -0.1) is 5.10 Å². The second kappa shape index (κ2) is 7.25. The standard InChI is InChI=1S/C11H19N7S/c1-3-12-5-6-18-11(14-15-16-18)19-9-10-7-13-17(4-2)8-10/h7-8,12H,3-6,9H2,1-2H3. The summed E-state index contributed by atoms with van der Waals surface area (Å²) >= 11 is 1.63. The van der Waals surface area contributed by atoms with Crippen molar-refractivity contribution in [2.75, 3.05) is 13.1 Å². The number of tetrazole rings is 1. The molecule has 0 radical (unpaired) electrons. The van der Waals surface area contributed by atoms with Crippen molar-refractivity contribution in [3.8, 4) is 0 Å². The van der Waals surface area contributed by atoms with Gasteiger partial charge in [-0.05, 0) is 23.9 Å². The fraction of sp³-hybridized carbons (Fsp3) is 0.636. The van der Waals surface area contributed by atoms with Crippen LogP contribution in [-0.2, 0) is 18.8 Å². The highest BCUT2D eigenvalue weighted by atomic mass is 32.2. The van der Waals surface area contributed by atoms with Crippen molar-refractivity contribution in [3.63, 3.8) is 0 Å². The summed E-state index contributed by atoms with van der Waals surface area (Å²) in [5.74, 6) is 0.835. The number of thioether (sulfide) groups is 1. The first-order chi connectivity index (χ1) is 9.33. The van der Waals surface area contributed by atoms with E-state index in [2.05, 4.69) is 46.0 Å². The van der Waals surface area contributed by atoms with Crippen LogP contribution in [0, 0.1) is 0 Å². The molecule has 0 unspecified atom stereocenters. The van der Waals surface area contributed by atoms with Gasteiger partial charge in [-0.2, -0.15) is 5.10 Å². The first-order valence-corrected chi connectivity index (χ1v) is 7.43. The van der Waals surface area contributed by atoms with Crippen molar-refractivity contribution in [2.45, 2.75) is 37.8 Å². The summed E-state index contributed by atoms with van der Waals surface area (Å²) < 4.78 is 3.75. The zero-order valence-electron chi connectivity index (χ0n) is 11.3. The number of aryl methyl sites for hydroxylation is 1. The number of hydrogen-bond acceptors (Lipinski definition) is 6. The Morgan fingerprint density at radius 3 is 3.00 bits per heavy atom. The molecule has 2 rings (SSSR count). The van der Waals surface area contributed by atoms with E-state index in [4.69, 9.17) is 0 Å². The van der Waals surface area contributed by atoms with Crippen LogP contribution in [0.25, 0.3) is 0 Å². The van der Waals surface area contributed by atoms with Gasteiger partial charge in [0, 0.05) is 30.6 Å². The Bertz CT molecular complexity index is 493. The molecule has 7 nitrogen and oxygen atoms in total. The third kappa shape index (κ3) is 4.03. The molecule has 0 atom stereocenters. The minimum Gasteiger partial charge on any atom is -0.315 e. The van der Waals surface area contributed by atoms with E-state index in [0.29, 0.717) is 0 Å². The van der Waals surface area contributed by atoms with Gasteiger partial charge in [-0.3, -0.25) is 4.68 Å². The van der Waals surface area contributed by atoms with Crippen LogP contribution in [0.2, 0.25) is 0 Å². The summed E-state index contributed by atoms with van der Waals surface area (Å²) in [6.07, 6.45) is 3.95. The molecular weight excluding hydrogens is 262 g/mol. The van der Waals surface area contributed by atoms with Gasteiger partial charge in [0.25, 0.3) is 0 Å². The van der Waals surface area contributed by atoms with Crippen molar-refractivity contribution in [2.24, 2.45) is 0 Å². The SMILES string of the molecule is CCNCCn1nnnc1SCc1cnn(CC)c1. The van der Waals surface area contributed by atoms with Crippen LogP contribution in [0.1, 0.15) is 19.4 Å². The van der Waals surface area contributed by atoms with Crippen molar-refractivity contribution >= 4 is 11.8 Å². The molecule has 104 valence electrons. The van der Waals surface area contributed by atoms with Crippen molar-refractivity contribution in [1.29, 1.82) is 0 Å². The second-order valence-electron chi connectivity index (χ2n) is 4.03. The first-order valence-electron chi connectivity index (χ1n) is 6.44. The third-order valence-corrected chi connectivity index (χ3v) is 3.66. The second-order valence-corrected chi connectivity index (χ2v) is 4.97. The highest BCUT2D eigenvalue weighted by Gasteiger charge is 2.07. The fourth-order valence-corrected chi connectivity index (χ4v) is 2.42. The lowest BCUT2D eigenvalue weighted by Gasteiger charge is -2.03. The van der Waals surface area contributed by atoms with Gasteiger partial charge in [-0.1, -0.05) is 18.7 Å². The first kappa shape index (κ1) is 14.0. The number of hydrogen-bond donors (Lipinski definition) is 1. The Kier molecular flexibility index (Phi) is 5.34. The molecule has 8 heteroatoms. The molecule has 0 aliphatic heterocycles. The fourth-order valence-electron chi connectivity index (χ4n) is 1.60. The number of nitrogens with one attached hydrogen (secondary N) is 1. The van der Waals surface area contributed by atoms with Gasteiger partial charge in [0.2, 0.25) is 5.16 Å². The van der Waals surface area contributed by atoms with E-state index >= 15 is 0 Å². The zero-order chi connectivity index (χ0) is 13.5. The zero-order valence-corrected chi connectivity index (χ0v) is 12.1. The topological polar surface area (TPSA) is 73.5 Å². The Labute approximate surface area is 116 Å². The van der Waals surface area contributed by atoms with Gasteiger partial charge in [0.05, 0.1) is 12.7 Å². The lowest BCUT2D eigenvalue weighted by atomic mass is 10.4. The molecule has 0 saturated carbocycles. The van der Waals surface area contributed by atoms with Crippen molar-refractivity contribution < 1.29 is 0 Å². The molecule has 0 saturated heterocycles. The maximum Gasteiger partial charge on any atom is 0.209 e. The molecule has 0 aromatic carbocycles. The van der Waals surface area contributed by atoms with Crippen LogP contribution >= 0.6 is 11.8 Å². The van der Waals surface area contributed by atoms with Crippen molar-refractivity contribution in [1.82, 2.24) is 35.3 Å². The van der Waals surface area contributed by atoms with Crippen LogP contribution in [0.4, 0.5) is 0 Å². The minimum atomic E-state index is 0.789. The molecule has 0 amide bonds. The average Bonchev–Trinajstić information content (AvgIpc) is 3.05. The summed E-state index contributed by atoms with van der Waals surface area (Å²) in [7, 11) is 0. The summed E-state index contributed by atoms with van der Waals surface area (Å²) in [5.41, 5.74) is 1.19. The summed E-state index contributed by atoms with van der Waals surface area (Å²) in [4.78, 5) is 0. The minimum absolute atomic E-state index is 0.789. The molecule has 0 aliphatic rings. The van der Waals surface area contributed by atoms with Gasteiger partial charge in [-0.25, -0.2) is 4.68 Å². The van der Waals surface area contributed by atoms with Gasteiger partial charge in [0.1, 0.15) is 0 Å². The highest BCUT2D eigenvalue weighted by Crippen LogP contribution is 2.19. The predicted octanol–water partition coefficient (Wildman–Crippen LogP) is 0.791. The summed E-state index contributed by atoms with van der Waals surface area (Å²) in [6, 6.07) is 0. The van der Waals surface area contributed by atoms with Crippen LogP contribution in [0.15, 0.2) is 17.6 Å². The van der Waals surface area contributed by atoms with Crippen LogP contribution in [0.5, 0.6) is 0 Å². The number of nitrogens with zero attached hydrogens (tertiary/aromatic N) is 6. The Hall–Kier alpha value is -1.41. The lowest BCUT2D eigenvalue weighted by Crippen LogP contribution is -2.20. The van der Waals surface area contributed by atoms with E-state index in [1.54, 1.807) is 11.8 Å². The quantitative estimate of drug-likeness (QED) is 0.570. The monoisotopic (exact) mass is 281 g/mol. The molecule has 1 N–H and O–H groups in total. The maximum atomic E-state index is 4.25. The highest BCUT2D eigenvalue weighted by molar-refractivity contribution is 7.98. The molecule has 19 heavy (non-hydrogen) atoms. The van der Waals surface area contributed by atoms with Gasteiger partial charge >= 0.3 is 0 Å². The maximum absolute atomic E-state index is 4.25. The van der Waals surface area contributed by atoms with E-state index in [1.807, 2.05) is 15.6 Å². The van der Waals surface area contributed by atoms with E-state index in [9.17, 15) is 0 Å². The normalized spacial score (nSPS) is 11.1. The molecule has 0 fully saturated rings. The van der Waals surface area contributed by atoms with E-state index < -0.39 is 0 Å². The molecule has 2 aromatic rings.